The van der Waals surface area contributed by atoms with Crippen LogP contribution < -0.4 is 5.32 Å². The molecule has 1 aliphatic carbocycles. The molecule has 0 radical (unpaired) electrons. The molecule has 2 heterocycles. The number of carbonyl (C=O) groups excluding carboxylic acids is 1. The Bertz CT molecular complexity index is 551. The lowest BCUT2D eigenvalue weighted by Gasteiger charge is -2.26. The summed E-state index contributed by atoms with van der Waals surface area (Å²) in [6, 6.07) is 0.527. The summed E-state index contributed by atoms with van der Waals surface area (Å²) in [6.45, 7) is 11.4. The van der Waals surface area contributed by atoms with E-state index >= 15 is 0 Å². The maximum atomic E-state index is 12.1. The van der Waals surface area contributed by atoms with Crippen LogP contribution in [0.4, 0.5) is 4.79 Å². The highest BCUT2D eigenvalue weighted by Crippen LogP contribution is 2.45. The predicted molar refractivity (Wildman–Crippen MR) is 87.9 cm³/mol. The van der Waals surface area contributed by atoms with Gasteiger partial charge in [0.25, 0.3) is 0 Å². The van der Waals surface area contributed by atoms with E-state index in [1.54, 1.807) is 0 Å². The smallest absolute Gasteiger partial charge is 0.410 e. The van der Waals surface area contributed by atoms with Gasteiger partial charge in [0.15, 0.2) is 0 Å². The van der Waals surface area contributed by atoms with Gasteiger partial charge in [0.1, 0.15) is 5.60 Å². The SMILES string of the molecule is CCCn1cncc1CNC1C2CN(C(=O)OC(C)(C)C)CC21. The summed E-state index contributed by atoms with van der Waals surface area (Å²) in [7, 11) is 0. The maximum absolute atomic E-state index is 12.1. The number of aryl methyl sites for hydroxylation is 1. The molecule has 2 aliphatic rings. The fraction of sp³-hybridized carbons (Fsp3) is 0.765. The molecular weight excluding hydrogens is 292 g/mol. The van der Waals surface area contributed by atoms with Crippen molar-refractivity contribution in [1.82, 2.24) is 19.8 Å². The van der Waals surface area contributed by atoms with Gasteiger partial charge in [-0.1, -0.05) is 6.92 Å². The first-order valence-corrected chi connectivity index (χ1v) is 8.59. The van der Waals surface area contributed by atoms with Crippen LogP contribution in [-0.4, -0.2) is 45.3 Å². The standard InChI is InChI=1S/C17H28N4O2/c1-5-6-20-11-18-7-12(20)8-19-15-13-9-21(10-14(13)15)16(22)23-17(2,3)4/h7,11,13-15,19H,5-6,8-10H2,1-4H3. The number of imidazole rings is 1. The van der Waals surface area contributed by atoms with Gasteiger partial charge in [0.2, 0.25) is 0 Å². The first-order valence-electron chi connectivity index (χ1n) is 8.59. The van der Waals surface area contributed by atoms with Crippen LogP contribution in [0.15, 0.2) is 12.5 Å². The van der Waals surface area contributed by atoms with Gasteiger partial charge in [-0.2, -0.15) is 0 Å². The van der Waals surface area contributed by atoms with E-state index in [-0.39, 0.29) is 6.09 Å². The molecule has 1 N–H and O–H groups in total. The molecule has 1 aromatic heterocycles. The molecule has 0 bridgehead atoms. The summed E-state index contributed by atoms with van der Waals surface area (Å²) in [5.41, 5.74) is 0.819. The van der Waals surface area contributed by atoms with E-state index in [9.17, 15) is 4.79 Å². The first-order chi connectivity index (χ1) is 10.9. The highest BCUT2D eigenvalue weighted by atomic mass is 16.6. The largest absolute Gasteiger partial charge is 0.444 e. The monoisotopic (exact) mass is 320 g/mol. The highest BCUT2D eigenvalue weighted by Gasteiger charge is 2.56. The molecule has 2 atom stereocenters. The fourth-order valence-corrected chi connectivity index (χ4v) is 3.46. The zero-order chi connectivity index (χ0) is 16.6. The van der Waals surface area contributed by atoms with Gasteiger partial charge >= 0.3 is 6.09 Å². The molecule has 2 unspecified atom stereocenters. The van der Waals surface area contributed by atoms with E-state index in [4.69, 9.17) is 4.74 Å². The molecule has 23 heavy (non-hydrogen) atoms. The lowest BCUT2D eigenvalue weighted by Crippen LogP contribution is -2.39. The summed E-state index contributed by atoms with van der Waals surface area (Å²) in [5, 5.41) is 3.63. The third-order valence-electron chi connectivity index (χ3n) is 4.63. The molecule has 0 spiro atoms. The van der Waals surface area contributed by atoms with E-state index < -0.39 is 5.60 Å². The predicted octanol–water partition coefficient (Wildman–Crippen LogP) is 2.25. The molecular formula is C17H28N4O2. The van der Waals surface area contributed by atoms with Crippen LogP contribution in [0.3, 0.4) is 0 Å². The number of fused-ring (bicyclic) bond motifs is 1. The molecule has 128 valence electrons. The second-order valence-corrected chi connectivity index (χ2v) is 7.70. The van der Waals surface area contributed by atoms with Gasteiger partial charge in [-0.15, -0.1) is 0 Å². The number of likely N-dealkylation sites (tertiary alicyclic amines) is 1. The van der Waals surface area contributed by atoms with Crippen molar-refractivity contribution in [3.8, 4) is 0 Å². The summed E-state index contributed by atoms with van der Waals surface area (Å²) >= 11 is 0. The van der Waals surface area contributed by atoms with E-state index in [0.29, 0.717) is 17.9 Å². The van der Waals surface area contributed by atoms with Gasteiger partial charge < -0.3 is 19.5 Å². The van der Waals surface area contributed by atoms with Crippen LogP contribution in [0.5, 0.6) is 0 Å². The van der Waals surface area contributed by atoms with E-state index in [1.165, 1.54) is 5.69 Å². The average Bonchev–Trinajstić information content (AvgIpc) is 2.83. The van der Waals surface area contributed by atoms with Crippen LogP contribution in [0.2, 0.25) is 0 Å². The zero-order valence-corrected chi connectivity index (χ0v) is 14.6. The maximum Gasteiger partial charge on any atom is 0.410 e. The zero-order valence-electron chi connectivity index (χ0n) is 14.6. The number of amides is 1. The van der Waals surface area contributed by atoms with Crippen molar-refractivity contribution < 1.29 is 9.53 Å². The Hall–Kier alpha value is -1.56. The van der Waals surface area contributed by atoms with Crippen molar-refractivity contribution in [3.05, 3.63) is 18.2 Å². The quantitative estimate of drug-likeness (QED) is 0.904. The van der Waals surface area contributed by atoms with Crippen LogP contribution in [0.25, 0.3) is 0 Å². The second-order valence-electron chi connectivity index (χ2n) is 7.70. The second kappa shape index (κ2) is 6.15. The number of rotatable bonds is 5. The summed E-state index contributed by atoms with van der Waals surface area (Å²) in [5.74, 6) is 1.15. The molecule has 0 aromatic carbocycles. The topological polar surface area (TPSA) is 59.4 Å². The third-order valence-corrected chi connectivity index (χ3v) is 4.63. The minimum atomic E-state index is -0.417. The van der Waals surface area contributed by atoms with Gasteiger partial charge in [-0.3, -0.25) is 0 Å². The van der Waals surface area contributed by atoms with E-state index in [2.05, 4.69) is 21.8 Å². The molecule has 3 rings (SSSR count). The van der Waals surface area contributed by atoms with Crippen molar-refractivity contribution in [2.75, 3.05) is 13.1 Å². The summed E-state index contributed by atoms with van der Waals surface area (Å²) in [4.78, 5) is 18.1. The Kier molecular flexibility index (Phi) is 4.36. The van der Waals surface area contributed by atoms with Crippen molar-refractivity contribution in [2.24, 2.45) is 11.8 Å². The minimum Gasteiger partial charge on any atom is -0.444 e. The fourth-order valence-electron chi connectivity index (χ4n) is 3.46. The molecule has 1 amide bonds. The number of ether oxygens (including phenoxy) is 1. The number of aromatic nitrogens is 2. The van der Waals surface area contributed by atoms with Crippen LogP contribution in [0, 0.1) is 11.8 Å². The van der Waals surface area contributed by atoms with Crippen molar-refractivity contribution in [1.29, 1.82) is 0 Å². The van der Waals surface area contributed by atoms with Gasteiger partial charge in [0, 0.05) is 38.4 Å². The van der Waals surface area contributed by atoms with Gasteiger partial charge in [-0.25, -0.2) is 9.78 Å². The number of piperidine rings is 1. The number of nitrogens with one attached hydrogen (secondary N) is 1. The average molecular weight is 320 g/mol. The first kappa shape index (κ1) is 16.3. The third kappa shape index (κ3) is 3.68. The van der Waals surface area contributed by atoms with Crippen molar-refractivity contribution in [3.63, 3.8) is 0 Å². The molecule has 6 heteroatoms. The Morgan fingerprint density at radius 3 is 2.70 bits per heavy atom. The summed E-state index contributed by atoms with van der Waals surface area (Å²) in [6.07, 6.45) is 4.78. The Labute approximate surface area is 138 Å². The Morgan fingerprint density at radius 2 is 2.09 bits per heavy atom. The number of hydrogen-bond donors (Lipinski definition) is 1. The Balaban J connectivity index is 1.44. The van der Waals surface area contributed by atoms with Gasteiger partial charge in [0.05, 0.1) is 12.0 Å². The van der Waals surface area contributed by atoms with Crippen LogP contribution in [-0.2, 0) is 17.8 Å². The number of nitrogens with zero attached hydrogens (tertiary/aromatic N) is 3. The van der Waals surface area contributed by atoms with E-state index in [1.807, 2.05) is 38.2 Å². The van der Waals surface area contributed by atoms with Gasteiger partial charge in [-0.05, 0) is 39.0 Å². The molecule has 1 aromatic rings. The van der Waals surface area contributed by atoms with Crippen molar-refractivity contribution in [2.45, 2.75) is 58.8 Å². The number of hydrogen-bond acceptors (Lipinski definition) is 4. The molecule has 1 saturated carbocycles. The van der Waals surface area contributed by atoms with Crippen molar-refractivity contribution >= 4 is 6.09 Å². The van der Waals surface area contributed by atoms with E-state index in [0.717, 1.165) is 32.6 Å². The Morgan fingerprint density at radius 1 is 1.39 bits per heavy atom. The molecule has 2 fully saturated rings. The molecule has 6 nitrogen and oxygen atoms in total. The minimum absolute atomic E-state index is 0.176. The summed E-state index contributed by atoms with van der Waals surface area (Å²) < 4.78 is 7.65. The lowest BCUT2D eigenvalue weighted by molar-refractivity contribution is 0.0269. The number of carbonyl (C=O) groups is 1. The molecule has 1 aliphatic heterocycles. The van der Waals surface area contributed by atoms with Crippen LogP contribution >= 0.6 is 0 Å². The lowest BCUT2D eigenvalue weighted by atomic mass is 10.2. The highest BCUT2D eigenvalue weighted by molar-refractivity contribution is 5.69. The molecule has 1 saturated heterocycles. The normalized spacial score (nSPS) is 26.3. The van der Waals surface area contributed by atoms with Crippen LogP contribution in [0.1, 0.15) is 39.8 Å².